The van der Waals surface area contributed by atoms with Crippen LogP contribution in [0.5, 0.6) is 0 Å². The predicted molar refractivity (Wildman–Crippen MR) is 82.1 cm³/mol. The molecule has 0 radical (unpaired) electrons. The number of halogens is 1. The van der Waals surface area contributed by atoms with Gasteiger partial charge in [0, 0.05) is 23.1 Å². The molecule has 0 bridgehead atoms. The number of nitrogens with two attached hydrogens (primary N) is 1. The normalized spacial score (nSPS) is 28.1. The number of benzene rings is 1. The molecule has 3 nitrogen and oxygen atoms in total. The van der Waals surface area contributed by atoms with Crippen molar-refractivity contribution >= 4 is 15.9 Å². The molecule has 1 aliphatic heterocycles. The molecule has 1 fully saturated rings. The van der Waals surface area contributed by atoms with Crippen molar-refractivity contribution in [3.05, 3.63) is 34.3 Å². The molecule has 4 unspecified atom stereocenters. The molecule has 4 atom stereocenters. The van der Waals surface area contributed by atoms with Crippen LogP contribution in [0.25, 0.3) is 0 Å². The molecule has 1 heterocycles. The number of hydrogen-bond acceptors (Lipinski definition) is 3. The monoisotopic (exact) mass is 326 g/mol. The molecule has 4 heteroatoms. The van der Waals surface area contributed by atoms with Gasteiger partial charge in [-0.3, -0.25) is 4.90 Å². The summed E-state index contributed by atoms with van der Waals surface area (Å²) in [5, 5.41) is 0. The van der Waals surface area contributed by atoms with Crippen LogP contribution < -0.4 is 5.73 Å². The van der Waals surface area contributed by atoms with Gasteiger partial charge in [-0.05, 0) is 38.5 Å². The third kappa shape index (κ3) is 3.57. The predicted octanol–water partition coefficient (Wildman–Crippen LogP) is 2.95. The van der Waals surface area contributed by atoms with Crippen molar-refractivity contribution in [2.24, 2.45) is 5.73 Å². The van der Waals surface area contributed by atoms with Gasteiger partial charge in [-0.2, -0.15) is 0 Å². The van der Waals surface area contributed by atoms with Gasteiger partial charge in [0.1, 0.15) is 0 Å². The van der Waals surface area contributed by atoms with E-state index in [2.05, 4.69) is 65.9 Å². The zero-order valence-electron chi connectivity index (χ0n) is 11.8. The minimum atomic E-state index is 0.0916. The van der Waals surface area contributed by atoms with Crippen LogP contribution in [0.15, 0.2) is 28.7 Å². The minimum Gasteiger partial charge on any atom is -0.376 e. The Balaban J connectivity index is 2.26. The van der Waals surface area contributed by atoms with Crippen molar-refractivity contribution < 1.29 is 4.74 Å². The van der Waals surface area contributed by atoms with Crippen LogP contribution in [-0.2, 0) is 4.74 Å². The fourth-order valence-corrected chi connectivity index (χ4v) is 3.04. The molecular weight excluding hydrogens is 304 g/mol. The standard InChI is InChI=1S/C15H23BrN2O/c1-10-9-19-11(2)8-18(10)15(12(3)17)13-4-6-14(16)7-5-13/h4-7,10-12,15H,8-9,17H2,1-3H3. The number of morpholine rings is 1. The van der Waals surface area contributed by atoms with E-state index < -0.39 is 0 Å². The molecule has 1 aromatic carbocycles. The van der Waals surface area contributed by atoms with Gasteiger partial charge in [0.25, 0.3) is 0 Å². The van der Waals surface area contributed by atoms with E-state index in [0.29, 0.717) is 6.04 Å². The molecule has 19 heavy (non-hydrogen) atoms. The number of nitrogens with zero attached hydrogens (tertiary/aromatic N) is 1. The minimum absolute atomic E-state index is 0.0916. The maximum Gasteiger partial charge on any atom is 0.0675 e. The van der Waals surface area contributed by atoms with E-state index in [1.807, 2.05) is 0 Å². The highest BCUT2D eigenvalue weighted by molar-refractivity contribution is 9.10. The molecular formula is C15H23BrN2O. The molecule has 0 spiro atoms. The van der Waals surface area contributed by atoms with E-state index in [4.69, 9.17) is 10.5 Å². The molecule has 0 aliphatic carbocycles. The SMILES string of the molecule is CC1CN(C(c2ccc(Br)cc2)C(C)N)C(C)CO1. The molecule has 2 rings (SSSR count). The van der Waals surface area contributed by atoms with Gasteiger partial charge in [-0.1, -0.05) is 28.1 Å². The summed E-state index contributed by atoms with van der Waals surface area (Å²) in [5.74, 6) is 0. The highest BCUT2D eigenvalue weighted by atomic mass is 79.9. The van der Waals surface area contributed by atoms with Gasteiger partial charge in [0.15, 0.2) is 0 Å². The number of hydrogen-bond donors (Lipinski definition) is 1. The summed E-state index contributed by atoms with van der Waals surface area (Å²) in [6.07, 6.45) is 0.271. The maximum absolute atomic E-state index is 6.25. The Kier molecular flexibility index (Phi) is 5.01. The molecule has 1 saturated heterocycles. The molecule has 0 amide bonds. The summed E-state index contributed by atoms with van der Waals surface area (Å²) in [7, 11) is 0. The summed E-state index contributed by atoms with van der Waals surface area (Å²) in [4.78, 5) is 2.47. The van der Waals surface area contributed by atoms with E-state index >= 15 is 0 Å². The van der Waals surface area contributed by atoms with E-state index in [1.54, 1.807) is 0 Å². The first-order chi connectivity index (χ1) is 8.99. The van der Waals surface area contributed by atoms with Gasteiger partial charge >= 0.3 is 0 Å². The topological polar surface area (TPSA) is 38.5 Å². The molecule has 0 saturated carbocycles. The lowest BCUT2D eigenvalue weighted by Gasteiger charge is -2.43. The van der Waals surface area contributed by atoms with Crippen LogP contribution >= 0.6 is 15.9 Å². The Labute approximate surface area is 124 Å². The van der Waals surface area contributed by atoms with Crippen LogP contribution in [0.3, 0.4) is 0 Å². The van der Waals surface area contributed by atoms with Gasteiger partial charge < -0.3 is 10.5 Å². The second-order valence-corrected chi connectivity index (χ2v) is 6.46. The largest absolute Gasteiger partial charge is 0.376 e. The third-order valence-corrected chi connectivity index (χ3v) is 4.25. The first-order valence-electron chi connectivity index (χ1n) is 6.87. The highest BCUT2D eigenvalue weighted by Crippen LogP contribution is 2.29. The second-order valence-electron chi connectivity index (χ2n) is 5.55. The van der Waals surface area contributed by atoms with Crippen molar-refractivity contribution in [1.29, 1.82) is 0 Å². The Morgan fingerprint density at radius 3 is 2.53 bits per heavy atom. The maximum atomic E-state index is 6.25. The zero-order valence-corrected chi connectivity index (χ0v) is 13.4. The van der Waals surface area contributed by atoms with Crippen LogP contribution in [-0.4, -0.2) is 36.2 Å². The van der Waals surface area contributed by atoms with Crippen molar-refractivity contribution in [2.45, 2.75) is 45.0 Å². The Morgan fingerprint density at radius 1 is 1.32 bits per heavy atom. The first kappa shape index (κ1) is 15.0. The summed E-state index contributed by atoms with van der Waals surface area (Å²) < 4.78 is 6.82. The molecule has 106 valence electrons. The lowest BCUT2D eigenvalue weighted by Crippen LogP contribution is -2.52. The lowest BCUT2D eigenvalue weighted by atomic mass is 9.96. The summed E-state index contributed by atoms with van der Waals surface area (Å²) in [6.45, 7) is 8.13. The summed E-state index contributed by atoms with van der Waals surface area (Å²) >= 11 is 3.48. The molecule has 1 aromatic rings. The van der Waals surface area contributed by atoms with Crippen molar-refractivity contribution in [3.8, 4) is 0 Å². The number of ether oxygens (including phenoxy) is 1. The lowest BCUT2D eigenvalue weighted by molar-refractivity contribution is -0.0697. The van der Waals surface area contributed by atoms with Gasteiger partial charge in [-0.15, -0.1) is 0 Å². The average Bonchev–Trinajstić information content (AvgIpc) is 2.36. The first-order valence-corrected chi connectivity index (χ1v) is 7.66. The van der Waals surface area contributed by atoms with Crippen LogP contribution in [0.1, 0.15) is 32.4 Å². The van der Waals surface area contributed by atoms with Gasteiger partial charge in [0.05, 0.1) is 18.8 Å². The third-order valence-electron chi connectivity index (χ3n) is 3.72. The van der Waals surface area contributed by atoms with Gasteiger partial charge in [-0.25, -0.2) is 0 Å². The van der Waals surface area contributed by atoms with Crippen molar-refractivity contribution in [3.63, 3.8) is 0 Å². The Hall–Kier alpha value is -0.420. The second kappa shape index (κ2) is 6.35. The highest BCUT2D eigenvalue weighted by Gasteiger charge is 2.32. The van der Waals surface area contributed by atoms with E-state index in [1.165, 1.54) is 5.56 Å². The van der Waals surface area contributed by atoms with Crippen LogP contribution in [0.4, 0.5) is 0 Å². The fourth-order valence-electron chi connectivity index (χ4n) is 2.77. The van der Waals surface area contributed by atoms with Crippen molar-refractivity contribution in [1.82, 2.24) is 4.90 Å². The van der Waals surface area contributed by atoms with E-state index in [9.17, 15) is 0 Å². The summed E-state index contributed by atoms with van der Waals surface area (Å²) in [5.41, 5.74) is 7.53. The molecule has 0 aromatic heterocycles. The fraction of sp³-hybridized carbons (Fsp3) is 0.600. The molecule has 2 N–H and O–H groups in total. The van der Waals surface area contributed by atoms with Crippen LogP contribution in [0.2, 0.25) is 0 Å². The van der Waals surface area contributed by atoms with Crippen LogP contribution in [0, 0.1) is 0 Å². The smallest absolute Gasteiger partial charge is 0.0675 e. The quantitative estimate of drug-likeness (QED) is 0.928. The molecule has 1 aliphatic rings. The van der Waals surface area contributed by atoms with E-state index in [-0.39, 0.29) is 18.2 Å². The average molecular weight is 327 g/mol. The Bertz CT molecular complexity index is 407. The van der Waals surface area contributed by atoms with E-state index in [0.717, 1.165) is 17.6 Å². The van der Waals surface area contributed by atoms with Crippen molar-refractivity contribution in [2.75, 3.05) is 13.2 Å². The summed E-state index contributed by atoms with van der Waals surface area (Å²) in [6, 6.07) is 9.22. The zero-order chi connectivity index (χ0) is 14.0. The Morgan fingerprint density at radius 2 is 1.95 bits per heavy atom. The number of rotatable bonds is 3. The van der Waals surface area contributed by atoms with Gasteiger partial charge in [0.2, 0.25) is 0 Å².